The molecule has 0 saturated carbocycles. The molecule has 0 fully saturated rings. The van der Waals surface area contributed by atoms with Crippen LogP contribution >= 0.6 is 7.26 Å². The second-order valence-corrected chi connectivity index (χ2v) is 9.83. The normalized spacial score (nSPS) is 10.8. The third kappa shape index (κ3) is 12.7. The smallest absolute Gasteiger partial charge is 0.0591 e. The Morgan fingerprint density at radius 2 is 1.05 bits per heavy atom. The summed E-state index contributed by atoms with van der Waals surface area (Å²) in [4.78, 5) is 9.49. The Morgan fingerprint density at radius 3 is 1.16 bits per heavy atom. The molecule has 0 atom stereocenters. The number of carbonyl (C=O) groups is 1. The first-order valence-electron chi connectivity index (χ1n) is 8.06. The van der Waals surface area contributed by atoms with Gasteiger partial charge in [0.15, 0.2) is 0 Å². The Morgan fingerprint density at radius 1 is 0.737 bits per heavy atom. The van der Waals surface area contributed by atoms with Gasteiger partial charge in [-0.1, -0.05) is 41.0 Å². The molecule has 0 N–H and O–H groups in total. The molecule has 0 radical (unpaired) electrons. The number of carboxylic acids is 1. The largest absolute Gasteiger partial charge is 0.550 e. The second-order valence-electron chi connectivity index (χ2n) is 5.36. The van der Waals surface area contributed by atoms with E-state index in [-0.39, 0.29) is 6.42 Å². The van der Waals surface area contributed by atoms with Crippen molar-refractivity contribution in [1.82, 2.24) is 0 Å². The molecule has 116 valence electrons. The van der Waals surface area contributed by atoms with Gasteiger partial charge in [0.1, 0.15) is 0 Å². The van der Waals surface area contributed by atoms with E-state index in [9.17, 15) is 9.90 Å². The zero-order valence-electron chi connectivity index (χ0n) is 13.8. The van der Waals surface area contributed by atoms with Gasteiger partial charge in [-0.25, -0.2) is 0 Å². The minimum Gasteiger partial charge on any atom is -0.550 e. The maximum absolute atomic E-state index is 9.49. The van der Waals surface area contributed by atoms with E-state index in [2.05, 4.69) is 27.7 Å². The van der Waals surface area contributed by atoms with Crippen molar-refractivity contribution < 1.29 is 9.90 Å². The Balaban J connectivity index is 0. The van der Waals surface area contributed by atoms with Crippen molar-refractivity contribution in [3.05, 3.63) is 0 Å². The van der Waals surface area contributed by atoms with Crippen molar-refractivity contribution in [2.75, 3.05) is 24.6 Å². The molecule has 0 bridgehead atoms. The van der Waals surface area contributed by atoms with Crippen LogP contribution in [0, 0.1) is 0 Å². The molecular formula is C16H35O2P. The summed E-state index contributed by atoms with van der Waals surface area (Å²) in [5.41, 5.74) is 0. The van der Waals surface area contributed by atoms with Crippen LogP contribution in [0.4, 0.5) is 0 Å². The fourth-order valence-corrected chi connectivity index (χ4v) is 7.91. The molecule has 0 aromatic rings. The van der Waals surface area contributed by atoms with Gasteiger partial charge in [-0.15, -0.1) is 0 Å². The van der Waals surface area contributed by atoms with E-state index < -0.39 is 13.2 Å². The number of carbonyl (C=O) groups excluding carboxylic acids is 1. The quantitative estimate of drug-likeness (QED) is 0.566. The van der Waals surface area contributed by atoms with E-state index >= 15 is 0 Å². The van der Waals surface area contributed by atoms with E-state index in [1.54, 1.807) is 31.6 Å². The molecule has 0 aliphatic heterocycles. The van der Waals surface area contributed by atoms with Crippen LogP contribution < -0.4 is 5.11 Å². The minimum atomic E-state index is -0.961. The SMILES string of the molecule is CCCC(=O)[O-].CCC[P+](CCC)(CCC)CCC. The highest BCUT2D eigenvalue weighted by Crippen LogP contribution is 2.60. The third-order valence-electron chi connectivity index (χ3n) is 3.25. The molecule has 0 rings (SSSR count). The molecule has 0 aliphatic carbocycles. The Labute approximate surface area is 121 Å². The van der Waals surface area contributed by atoms with Crippen LogP contribution in [0.15, 0.2) is 0 Å². The third-order valence-corrected chi connectivity index (χ3v) is 8.83. The van der Waals surface area contributed by atoms with Crippen molar-refractivity contribution in [2.45, 2.75) is 73.1 Å². The molecule has 0 amide bonds. The lowest BCUT2D eigenvalue weighted by Gasteiger charge is -2.26. The summed E-state index contributed by atoms with van der Waals surface area (Å²) >= 11 is 0. The fourth-order valence-electron chi connectivity index (χ4n) is 2.77. The number of rotatable bonds is 10. The molecule has 0 aromatic carbocycles. The van der Waals surface area contributed by atoms with Gasteiger partial charge < -0.3 is 9.90 Å². The highest BCUT2D eigenvalue weighted by molar-refractivity contribution is 7.75. The summed E-state index contributed by atoms with van der Waals surface area (Å²) in [6, 6.07) is 0. The summed E-state index contributed by atoms with van der Waals surface area (Å²) in [7, 11) is -0.496. The van der Waals surface area contributed by atoms with Crippen molar-refractivity contribution in [3.8, 4) is 0 Å². The summed E-state index contributed by atoms with van der Waals surface area (Å²) in [6.45, 7) is 11.2. The first-order valence-corrected chi connectivity index (χ1v) is 10.6. The Bertz CT molecular complexity index is 175. The maximum Gasteiger partial charge on any atom is 0.0591 e. The standard InChI is InChI=1S/C12H28P.C4H8O2/c1-5-9-13(10-6-2,11-7-3)12-8-4;1-2-3-4(5)6/h5-12H2,1-4H3;2-3H2,1H3,(H,5,6)/q+1;/p-1. The molecule has 0 unspecified atom stereocenters. The average Bonchev–Trinajstić information content (AvgIpc) is 2.31. The van der Waals surface area contributed by atoms with Gasteiger partial charge in [-0.3, -0.25) is 0 Å². The van der Waals surface area contributed by atoms with E-state index in [1.807, 2.05) is 0 Å². The maximum atomic E-state index is 9.49. The van der Waals surface area contributed by atoms with Crippen LogP contribution in [0.3, 0.4) is 0 Å². The fraction of sp³-hybridized carbons (Fsp3) is 0.938. The first kappa shape index (κ1) is 21.2. The lowest BCUT2D eigenvalue weighted by atomic mass is 10.4. The van der Waals surface area contributed by atoms with E-state index in [0.717, 1.165) is 0 Å². The molecular weight excluding hydrogens is 255 g/mol. The summed E-state index contributed by atoms with van der Waals surface area (Å²) in [5.74, 6) is -0.961. The predicted molar refractivity (Wildman–Crippen MR) is 87.5 cm³/mol. The summed E-state index contributed by atoms with van der Waals surface area (Å²) < 4.78 is 0. The lowest BCUT2D eigenvalue weighted by molar-refractivity contribution is -0.305. The number of hydrogen-bond donors (Lipinski definition) is 0. The van der Waals surface area contributed by atoms with E-state index in [0.29, 0.717) is 6.42 Å². The van der Waals surface area contributed by atoms with Gasteiger partial charge in [-0.2, -0.15) is 0 Å². The predicted octanol–water partition coefficient (Wildman–Crippen LogP) is 4.18. The van der Waals surface area contributed by atoms with Crippen LogP contribution in [0.2, 0.25) is 0 Å². The van der Waals surface area contributed by atoms with E-state index in [1.165, 1.54) is 25.7 Å². The molecule has 0 heterocycles. The summed E-state index contributed by atoms with van der Waals surface area (Å²) in [5, 5.41) is 9.49. The van der Waals surface area contributed by atoms with Crippen molar-refractivity contribution >= 4 is 13.2 Å². The molecule has 0 aliphatic rings. The Kier molecular flexibility index (Phi) is 16.0. The highest BCUT2D eigenvalue weighted by Gasteiger charge is 2.32. The van der Waals surface area contributed by atoms with Gasteiger partial charge >= 0.3 is 0 Å². The zero-order valence-corrected chi connectivity index (χ0v) is 14.7. The van der Waals surface area contributed by atoms with Crippen LogP contribution in [-0.4, -0.2) is 30.6 Å². The first-order chi connectivity index (χ1) is 9.01. The second kappa shape index (κ2) is 14.3. The molecule has 0 aromatic heterocycles. The number of carboxylic acid groups (broad SMARTS) is 1. The topological polar surface area (TPSA) is 40.1 Å². The van der Waals surface area contributed by atoms with Gasteiger partial charge in [0.25, 0.3) is 0 Å². The van der Waals surface area contributed by atoms with Gasteiger partial charge in [0.05, 0.1) is 24.6 Å². The van der Waals surface area contributed by atoms with Gasteiger partial charge in [-0.05, 0) is 32.1 Å². The minimum absolute atomic E-state index is 0.181. The van der Waals surface area contributed by atoms with E-state index in [4.69, 9.17) is 0 Å². The van der Waals surface area contributed by atoms with Gasteiger partial charge in [0, 0.05) is 13.2 Å². The molecule has 19 heavy (non-hydrogen) atoms. The van der Waals surface area contributed by atoms with Crippen molar-refractivity contribution in [1.29, 1.82) is 0 Å². The van der Waals surface area contributed by atoms with Gasteiger partial charge in [0.2, 0.25) is 0 Å². The van der Waals surface area contributed by atoms with Crippen molar-refractivity contribution in [2.24, 2.45) is 0 Å². The molecule has 0 spiro atoms. The zero-order chi connectivity index (χ0) is 15.1. The lowest BCUT2D eigenvalue weighted by Crippen LogP contribution is -2.20. The Hall–Kier alpha value is -0.100. The highest BCUT2D eigenvalue weighted by atomic mass is 31.2. The molecule has 0 saturated heterocycles. The molecule has 3 heteroatoms. The van der Waals surface area contributed by atoms with Crippen LogP contribution in [-0.2, 0) is 4.79 Å². The monoisotopic (exact) mass is 290 g/mol. The number of hydrogen-bond acceptors (Lipinski definition) is 2. The summed E-state index contributed by atoms with van der Waals surface area (Å²) in [6.07, 6.45) is 12.7. The van der Waals surface area contributed by atoms with Crippen molar-refractivity contribution in [3.63, 3.8) is 0 Å². The molecule has 2 nitrogen and oxygen atoms in total. The van der Waals surface area contributed by atoms with Crippen LogP contribution in [0.5, 0.6) is 0 Å². The average molecular weight is 290 g/mol. The van der Waals surface area contributed by atoms with Crippen LogP contribution in [0.1, 0.15) is 73.1 Å². The van der Waals surface area contributed by atoms with Crippen LogP contribution in [0.25, 0.3) is 0 Å². The number of aliphatic carboxylic acids is 1.